The first-order chi connectivity index (χ1) is 17.0. The van der Waals surface area contributed by atoms with E-state index in [1.54, 1.807) is 18.2 Å². The Labute approximate surface area is 202 Å². The van der Waals surface area contributed by atoms with Crippen molar-refractivity contribution < 1.29 is 13.9 Å². The zero-order chi connectivity index (χ0) is 25.4. The van der Waals surface area contributed by atoms with Crippen molar-refractivity contribution in [3.05, 3.63) is 101 Å². The predicted octanol–water partition coefficient (Wildman–Crippen LogP) is 4.20. The lowest BCUT2D eigenvalue weighted by atomic mass is 10.0. The number of benzene rings is 3. The minimum absolute atomic E-state index is 0.122. The van der Waals surface area contributed by atoms with Crippen LogP contribution in [-0.2, 0) is 9.53 Å². The first-order valence-electron chi connectivity index (χ1n) is 10.8. The smallest absolute Gasteiger partial charge is 0.291 e. The van der Waals surface area contributed by atoms with Gasteiger partial charge in [-0.2, -0.15) is 10.3 Å². The zero-order valence-corrected chi connectivity index (χ0v) is 19.1. The topological polar surface area (TPSA) is 137 Å². The third-order valence-corrected chi connectivity index (χ3v) is 4.78. The van der Waals surface area contributed by atoms with Gasteiger partial charge in [0.05, 0.1) is 17.0 Å². The molecule has 1 aliphatic rings. The van der Waals surface area contributed by atoms with Gasteiger partial charge in [0, 0.05) is 16.7 Å². The van der Waals surface area contributed by atoms with Gasteiger partial charge in [0.15, 0.2) is 0 Å². The highest BCUT2D eigenvalue weighted by atomic mass is 19.1. The van der Waals surface area contributed by atoms with E-state index in [1.165, 1.54) is 6.07 Å². The summed E-state index contributed by atoms with van der Waals surface area (Å²) in [6.07, 6.45) is -1.27. The molecule has 176 valence electrons. The van der Waals surface area contributed by atoms with Crippen LogP contribution >= 0.6 is 0 Å². The van der Waals surface area contributed by atoms with Crippen molar-refractivity contribution in [1.82, 2.24) is 0 Å². The quantitative estimate of drug-likeness (QED) is 0.390. The molecule has 3 aromatic carbocycles. The molecule has 0 saturated heterocycles. The van der Waals surface area contributed by atoms with E-state index < -0.39 is 29.8 Å². The molecule has 4 N–H and O–H groups in total. The third kappa shape index (κ3) is 5.75. The van der Waals surface area contributed by atoms with Crippen molar-refractivity contribution in [3.63, 3.8) is 0 Å². The second kappa shape index (κ2) is 11.3. The molecule has 1 atom stereocenters. The zero-order valence-electron chi connectivity index (χ0n) is 19.1. The Hall–Kier alpha value is -4.84. The minimum Gasteiger partial charge on any atom is -0.407 e. The average molecular weight is 471 g/mol. The van der Waals surface area contributed by atoms with Gasteiger partial charge in [-0.25, -0.2) is 9.38 Å². The fraction of sp³-hybridized carbons (Fsp3) is 0.115. The lowest BCUT2D eigenvalue weighted by Gasteiger charge is -2.10. The minimum atomic E-state index is -1.27. The molecule has 35 heavy (non-hydrogen) atoms. The molecule has 0 bridgehead atoms. The number of nitrogens with two attached hydrogens (primary N) is 1. The molecule has 0 radical (unpaired) electrons. The molecule has 3 aromatic rings. The van der Waals surface area contributed by atoms with Crippen LogP contribution in [0.1, 0.15) is 36.1 Å². The van der Waals surface area contributed by atoms with Crippen LogP contribution < -0.4 is 11.1 Å². The van der Waals surface area contributed by atoms with Gasteiger partial charge in [0.2, 0.25) is 12.1 Å². The van der Waals surface area contributed by atoms with Crippen molar-refractivity contribution in [2.24, 2.45) is 15.7 Å². The summed E-state index contributed by atoms with van der Waals surface area (Å²) in [5.74, 6) is -1.70. The first kappa shape index (κ1) is 24.8. The Morgan fingerprint density at radius 3 is 2.54 bits per heavy atom. The van der Waals surface area contributed by atoms with Gasteiger partial charge in [-0.15, -0.1) is 0 Å². The summed E-state index contributed by atoms with van der Waals surface area (Å²) in [6, 6.07) is 21.2. The van der Waals surface area contributed by atoms with Crippen LogP contribution in [0.4, 0.5) is 10.1 Å². The van der Waals surface area contributed by atoms with Gasteiger partial charge in [-0.05, 0) is 24.3 Å². The lowest BCUT2D eigenvalue weighted by Crippen LogP contribution is -2.29. The number of amidine groups is 1. The number of hydrogen-bond donors (Lipinski definition) is 3. The molecule has 1 unspecified atom stereocenters. The molecular formula is C26H23FN6O2. The number of nitriles is 1. The summed E-state index contributed by atoms with van der Waals surface area (Å²) < 4.78 is 18.7. The van der Waals surface area contributed by atoms with Gasteiger partial charge in [-0.1, -0.05) is 62.4 Å². The fourth-order valence-electron chi connectivity index (χ4n) is 3.22. The van der Waals surface area contributed by atoms with Gasteiger partial charge >= 0.3 is 0 Å². The number of amides is 1. The third-order valence-electron chi connectivity index (χ3n) is 4.78. The maximum absolute atomic E-state index is 13.5. The van der Waals surface area contributed by atoms with Gasteiger partial charge in [0.25, 0.3) is 11.9 Å². The van der Waals surface area contributed by atoms with E-state index in [9.17, 15) is 9.18 Å². The number of rotatable bonds is 3. The Bertz CT molecular complexity index is 1350. The highest BCUT2D eigenvalue weighted by Gasteiger charge is 2.26. The second-order valence-electron chi connectivity index (χ2n) is 6.96. The number of carbonyl (C=O) groups is 1. The second-order valence-corrected chi connectivity index (χ2v) is 6.96. The number of halogens is 1. The molecule has 8 nitrogen and oxygen atoms in total. The molecule has 1 heterocycles. The van der Waals surface area contributed by atoms with E-state index in [1.807, 2.05) is 56.3 Å². The summed E-state index contributed by atoms with van der Waals surface area (Å²) in [5, 5.41) is 19.8. The number of aliphatic imine (C=N–C) groups is 2. The average Bonchev–Trinajstić information content (AvgIpc) is 3.02. The van der Waals surface area contributed by atoms with Crippen LogP contribution in [0.15, 0.2) is 82.8 Å². The van der Waals surface area contributed by atoms with Crippen molar-refractivity contribution in [1.29, 1.82) is 10.7 Å². The predicted molar refractivity (Wildman–Crippen MR) is 133 cm³/mol. The van der Waals surface area contributed by atoms with Gasteiger partial charge in [-0.3, -0.25) is 10.2 Å². The number of ether oxygens (including phenoxy) is 1. The summed E-state index contributed by atoms with van der Waals surface area (Å²) in [6.45, 7) is 4.00. The Kier molecular flexibility index (Phi) is 8.03. The van der Waals surface area contributed by atoms with Crippen molar-refractivity contribution in [3.8, 4) is 6.07 Å². The SMILES string of the molecule is CC.N#Cc1cc(C(=N)O/C(N)=N/C2N=C(c3ccccc3)c3ccccc3NC2=O)ccc1F. The monoisotopic (exact) mass is 470 g/mol. The van der Waals surface area contributed by atoms with E-state index in [-0.39, 0.29) is 11.1 Å². The standard InChI is InChI=1S/C24H17FN6O2.C2H6/c25-18-11-10-15(12-16(18)13-26)21(27)33-24(28)31-22-23(32)29-19-9-5-4-8-17(19)20(30-22)14-6-2-1-3-7-14;1-2/h1-12,22,27H,(H2,28,31)(H,29,32);1-2H3. The van der Waals surface area contributed by atoms with Crippen molar-refractivity contribution in [2.75, 3.05) is 5.32 Å². The summed E-state index contributed by atoms with van der Waals surface area (Å²) in [4.78, 5) is 21.4. The van der Waals surface area contributed by atoms with Crippen LogP contribution in [0.2, 0.25) is 0 Å². The molecular weight excluding hydrogens is 447 g/mol. The summed E-state index contributed by atoms with van der Waals surface area (Å²) in [5.41, 5.74) is 8.34. The summed E-state index contributed by atoms with van der Waals surface area (Å²) in [7, 11) is 0. The molecule has 4 rings (SSSR count). The van der Waals surface area contributed by atoms with E-state index in [0.717, 1.165) is 23.3 Å². The van der Waals surface area contributed by atoms with E-state index in [0.29, 0.717) is 11.4 Å². The highest BCUT2D eigenvalue weighted by Crippen LogP contribution is 2.24. The van der Waals surface area contributed by atoms with Gasteiger partial charge < -0.3 is 15.8 Å². The first-order valence-corrected chi connectivity index (χ1v) is 10.8. The maximum Gasteiger partial charge on any atom is 0.291 e. The number of benzodiazepines with no additional fused rings is 1. The van der Waals surface area contributed by atoms with Crippen LogP contribution in [0.5, 0.6) is 0 Å². The largest absolute Gasteiger partial charge is 0.407 e. The lowest BCUT2D eigenvalue weighted by molar-refractivity contribution is -0.117. The molecule has 0 fully saturated rings. The number of anilines is 1. The molecule has 1 aliphatic heterocycles. The number of hydrogen-bond acceptors (Lipinski definition) is 6. The van der Waals surface area contributed by atoms with E-state index in [2.05, 4.69) is 15.3 Å². The molecule has 0 spiro atoms. The molecule has 1 amide bonds. The highest BCUT2D eigenvalue weighted by molar-refractivity contribution is 6.19. The number of nitrogens with zero attached hydrogens (tertiary/aromatic N) is 3. The van der Waals surface area contributed by atoms with E-state index >= 15 is 0 Å². The molecule has 0 aromatic heterocycles. The normalized spacial score (nSPS) is 14.7. The van der Waals surface area contributed by atoms with Crippen LogP contribution in [0, 0.1) is 22.6 Å². The van der Waals surface area contributed by atoms with Crippen LogP contribution in [0.3, 0.4) is 0 Å². The van der Waals surface area contributed by atoms with Gasteiger partial charge in [0.1, 0.15) is 11.9 Å². The molecule has 0 aliphatic carbocycles. The Morgan fingerprint density at radius 2 is 1.83 bits per heavy atom. The fourth-order valence-corrected chi connectivity index (χ4v) is 3.22. The molecule has 9 heteroatoms. The van der Waals surface area contributed by atoms with Crippen LogP contribution in [0.25, 0.3) is 0 Å². The summed E-state index contributed by atoms with van der Waals surface area (Å²) >= 11 is 0. The molecule has 0 saturated carbocycles. The number of fused-ring (bicyclic) bond motifs is 1. The number of carbonyl (C=O) groups excluding carboxylic acids is 1. The van der Waals surface area contributed by atoms with E-state index in [4.69, 9.17) is 21.1 Å². The van der Waals surface area contributed by atoms with Crippen molar-refractivity contribution >= 4 is 29.2 Å². The maximum atomic E-state index is 13.5. The van der Waals surface area contributed by atoms with Crippen molar-refractivity contribution in [2.45, 2.75) is 20.0 Å². The number of para-hydroxylation sites is 1. The van der Waals surface area contributed by atoms with Crippen LogP contribution in [-0.4, -0.2) is 29.7 Å². The number of nitrogens with one attached hydrogen (secondary N) is 2. The Morgan fingerprint density at radius 1 is 1.14 bits per heavy atom. The Balaban J connectivity index is 0.00000167.